The molecule has 0 unspecified atom stereocenters. The van der Waals surface area contributed by atoms with E-state index in [0.717, 1.165) is 47.4 Å². The van der Waals surface area contributed by atoms with Crippen molar-refractivity contribution in [1.82, 2.24) is 4.90 Å². The largest absolute Gasteiger partial charge is 0.489 e. The molecule has 1 amide bonds. The molecule has 1 heterocycles. The number of unbranched alkanes of at least 4 members (excludes halogenated alkanes) is 5. The number of rotatable bonds is 16. The molecule has 244 valence electrons. The molecule has 0 bridgehead atoms. The van der Waals surface area contributed by atoms with Gasteiger partial charge in [0.05, 0.1) is 12.1 Å². The van der Waals surface area contributed by atoms with Crippen molar-refractivity contribution in [3.8, 4) is 5.75 Å². The number of benzene rings is 3. The number of ether oxygens (including phenoxy) is 1. The summed E-state index contributed by atoms with van der Waals surface area (Å²) in [5.74, 6) is 0.720. The molecule has 8 heteroatoms. The van der Waals surface area contributed by atoms with E-state index < -0.39 is 16.8 Å². The third-order valence-electron chi connectivity index (χ3n) is 7.87. The van der Waals surface area contributed by atoms with E-state index in [1.54, 1.807) is 17.0 Å². The van der Waals surface area contributed by atoms with Gasteiger partial charge in [0.25, 0.3) is 0 Å². The van der Waals surface area contributed by atoms with Crippen molar-refractivity contribution in [2.24, 2.45) is 0 Å². The second-order valence-corrected chi connectivity index (χ2v) is 12.9. The first-order chi connectivity index (χ1) is 21.9. The molecule has 1 aliphatic rings. The third-order valence-corrected chi connectivity index (χ3v) is 9.15. The number of carbonyl (C=O) groups excluding carboxylic acids is 1. The Morgan fingerprint density at radius 3 is 2.20 bits per heavy atom. The van der Waals surface area contributed by atoms with Crippen LogP contribution in [0.4, 0.5) is 5.69 Å². The Morgan fingerprint density at radius 2 is 1.53 bits per heavy atom. The zero-order valence-corrected chi connectivity index (χ0v) is 28.0. The summed E-state index contributed by atoms with van der Waals surface area (Å²) in [5.41, 5.74) is 4.12. The van der Waals surface area contributed by atoms with Crippen LogP contribution in [0, 0.1) is 0 Å². The Labute approximate surface area is 272 Å². The summed E-state index contributed by atoms with van der Waals surface area (Å²) in [7, 11) is -0.878. The normalized spacial score (nSPS) is 13.1. The molecular weight excluding hydrogens is 584 g/mol. The van der Waals surface area contributed by atoms with E-state index in [9.17, 15) is 18.9 Å². The van der Waals surface area contributed by atoms with E-state index in [1.807, 2.05) is 79.4 Å². The number of carboxylic acid groups (broad SMARTS) is 1. The Balaban J connectivity index is 0.00000271. The first-order valence-electron chi connectivity index (χ1n) is 16.4. The van der Waals surface area contributed by atoms with Crippen LogP contribution < -0.4 is 9.64 Å². The minimum absolute atomic E-state index is 0.0363. The summed E-state index contributed by atoms with van der Waals surface area (Å²) in [5, 5.41) is 9.81. The number of hydrogen-bond acceptors (Lipinski definition) is 5. The maximum atomic E-state index is 13.5. The fourth-order valence-electron chi connectivity index (χ4n) is 5.33. The molecule has 0 saturated carbocycles. The van der Waals surface area contributed by atoms with Crippen LogP contribution in [0.3, 0.4) is 0 Å². The molecule has 1 saturated heterocycles. The van der Waals surface area contributed by atoms with E-state index in [2.05, 4.69) is 6.92 Å². The Hall–Kier alpha value is -3.65. The Kier molecular flexibility index (Phi) is 15.7. The summed E-state index contributed by atoms with van der Waals surface area (Å²) in [4.78, 5) is 29.3. The molecule has 0 aliphatic carbocycles. The first-order valence-corrected chi connectivity index (χ1v) is 17.9. The van der Waals surface area contributed by atoms with Crippen molar-refractivity contribution >= 4 is 28.4 Å². The summed E-state index contributed by atoms with van der Waals surface area (Å²) >= 11 is 0. The predicted octanol–water partition coefficient (Wildman–Crippen LogP) is 7.49. The minimum atomic E-state index is -0.989. The molecule has 4 rings (SSSR count). The van der Waals surface area contributed by atoms with Crippen LogP contribution in [0.1, 0.15) is 86.3 Å². The van der Waals surface area contributed by atoms with Gasteiger partial charge >= 0.3 is 5.97 Å². The van der Waals surface area contributed by atoms with Crippen molar-refractivity contribution < 1.29 is 23.6 Å². The molecule has 0 aromatic heterocycles. The van der Waals surface area contributed by atoms with Gasteiger partial charge in [-0.05, 0) is 53.8 Å². The van der Waals surface area contributed by atoms with Gasteiger partial charge in [0.1, 0.15) is 12.4 Å². The predicted molar refractivity (Wildman–Crippen MR) is 185 cm³/mol. The number of carbonyl (C=O) groups is 2. The van der Waals surface area contributed by atoms with E-state index in [-0.39, 0.29) is 18.0 Å². The third kappa shape index (κ3) is 12.0. The van der Waals surface area contributed by atoms with Gasteiger partial charge in [-0.25, -0.2) is 4.79 Å². The summed E-state index contributed by atoms with van der Waals surface area (Å²) in [6.45, 7) is 8.20. The number of amides is 1. The SMILES string of the molecule is CC.CCCCCCCCc1ccc(C(=O)O)cc1N(CC(=O)N1CCS(=O)CC1)Cc1ccc(OCc2ccccc2)cc1. The average Bonchev–Trinajstić information content (AvgIpc) is 3.07. The molecule has 1 fully saturated rings. The van der Waals surface area contributed by atoms with E-state index >= 15 is 0 Å². The summed E-state index contributed by atoms with van der Waals surface area (Å²) in [6, 6.07) is 23.1. The molecule has 0 atom stereocenters. The van der Waals surface area contributed by atoms with Crippen LogP contribution in [-0.2, 0) is 35.2 Å². The zero-order valence-electron chi connectivity index (χ0n) is 27.2. The summed E-state index contributed by atoms with van der Waals surface area (Å²) < 4.78 is 17.9. The fourth-order valence-corrected chi connectivity index (χ4v) is 6.38. The van der Waals surface area contributed by atoms with Crippen LogP contribution in [-0.4, -0.2) is 57.2 Å². The van der Waals surface area contributed by atoms with Gasteiger partial charge in [-0.2, -0.15) is 0 Å². The number of hydrogen-bond donors (Lipinski definition) is 1. The number of aryl methyl sites for hydroxylation is 1. The topological polar surface area (TPSA) is 87.2 Å². The highest BCUT2D eigenvalue weighted by molar-refractivity contribution is 7.85. The molecule has 1 N–H and O–H groups in total. The fraction of sp³-hybridized carbons (Fsp3) is 0.459. The van der Waals surface area contributed by atoms with Crippen molar-refractivity contribution in [2.45, 2.75) is 78.9 Å². The average molecular weight is 635 g/mol. The lowest BCUT2D eigenvalue weighted by atomic mass is 10.0. The molecule has 1 aliphatic heterocycles. The highest BCUT2D eigenvalue weighted by Crippen LogP contribution is 2.28. The molecule has 3 aromatic rings. The van der Waals surface area contributed by atoms with Crippen LogP contribution in [0.15, 0.2) is 72.8 Å². The van der Waals surface area contributed by atoms with Gasteiger partial charge in [0.2, 0.25) is 5.91 Å². The molecule has 45 heavy (non-hydrogen) atoms. The number of aromatic carboxylic acids is 1. The Bertz CT molecular complexity index is 1340. The van der Waals surface area contributed by atoms with Gasteiger partial charge in [-0.15, -0.1) is 0 Å². The Morgan fingerprint density at radius 1 is 0.867 bits per heavy atom. The van der Waals surface area contributed by atoms with Crippen LogP contribution in [0.25, 0.3) is 0 Å². The van der Waals surface area contributed by atoms with Crippen LogP contribution in [0.2, 0.25) is 0 Å². The molecule has 3 aromatic carbocycles. The smallest absolute Gasteiger partial charge is 0.335 e. The van der Waals surface area contributed by atoms with Crippen molar-refractivity contribution in [3.63, 3.8) is 0 Å². The molecule has 7 nitrogen and oxygen atoms in total. The van der Waals surface area contributed by atoms with Crippen molar-refractivity contribution in [3.05, 3.63) is 95.1 Å². The quantitative estimate of drug-likeness (QED) is 0.164. The zero-order chi connectivity index (χ0) is 32.4. The standard InChI is InChI=1S/C35H44N2O5S.C2H6/c1-2-3-4-5-6-10-13-30-16-17-31(35(39)40)24-33(30)37(26-34(38)36-20-22-43(41)23-21-36)25-28-14-18-32(19-15-28)42-27-29-11-8-7-9-12-29;1-2/h7-9,11-12,14-19,24H,2-6,10,13,20-23,25-27H2,1H3,(H,39,40);1-2H3. The molecule has 0 radical (unpaired) electrons. The van der Waals surface area contributed by atoms with Gasteiger partial charge in [0, 0.05) is 47.6 Å². The van der Waals surface area contributed by atoms with Gasteiger partial charge in [0.15, 0.2) is 0 Å². The van der Waals surface area contributed by atoms with Gasteiger partial charge in [-0.1, -0.05) is 101 Å². The monoisotopic (exact) mass is 634 g/mol. The van der Waals surface area contributed by atoms with Crippen molar-refractivity contribution in [1.29, 1.82) is 0 Å². The van der Waals surface area contributed by atoms with Crippen molar-refractivity contribution in [2.75, 3.05) is 36.0 Å². The number of anilines is 1. The highest BCUT2D eigenvalue weighted by atomic mass is 32.2. The lowest BCUT2D eigenvalue weighted by molar-refractivity contribution is -0.129. The first kappa shape index (κ1) is 35.8. The minimum Gasteiger partial charge on any atom is -0.489 e. The summed E-state index contributed by atoms with van der Waals surface area (Å²) in [6.07, 6.45) is 7.82. The molecular formula is C37H50N2O5S. The number of carboxylic acids is 1. The van der Waals surface area contributed by atoms with E-state index in [4.69, 9.17) is 4.74 Å². The molecule has 0 spiro atoms. The highest BCUT2D eigenvalue weighted by Gasteiger charge is 2.24. The lowest BCUT2D eigenvalue weighted by Gasteiger charge is -2.32. The van der Waals surface area contributed by atoms with Gasteiger partial charge in [-0.3, -0.25) is 9.00 Å². The second kappa shape index (κ2) is 19.7. The van der Waals surface area contributed by atoms with E-state index in [1.165, 1.54) is 25.7 Å². The van der Waals surface area contributed by atoms with E-state index in [0.29, 0.717) is 37.7 Å². The maximum absolute atomic E-state index is 13.5. The van der Waals surface area contributed by atoms with Crippen LogP contribution >= 0.6 is 0 Å². The lowest BCUT2D eigenvalue weighted by Crippen LogP contribution is -2.46. The maximum Gasteiger partial charge on any atom is 0.335 e. The number of nitrogens with zero attached hydrogens (tertiary/aromatic N) is 2. The van der Waals surface area contributed by atoms with Crippen LogP contribution in [0.5, 0.6) is 5.75 Å². The second-order valence-electron chi connectivity index (χ2n) is 11.2. The van der Waals surface area contributed by atoms with Gasteiger partial charge < -0.3 is 19.6 Å².